The molecule has 1 saturated heterocycles. The summed E-state index contributed by atoms with van der Waals surface area (Å²) < 4.78 is 60.3. The summed E-state index contributed by atoms with van der Waals surface area (Å²) in [4.78, 5) is 14.8. The van der Waals surface area contributed by atoms with Crippen LogP contribution in [-0.4, -0.2) is 64.7 Å². The zero-order chi connectivity index (χ0) is 22.6. The molecule has 2 aromatic rings. The fourth-order valence-corrected chi connectivity index (χ4v) is 3.59. The molecule has 1 aliphatic rings. The Morgan fingerprint density at radius 2 is 1.84 bits per heavy atom. The molecule has 3 rings (SSSR count). The van der Waals surface area contributed by atoms with Gasteiger partial charge in [0.25, 0.3) is 5.91 Å². The lowest BCUT2D eigenvalue weighted by molar-refractivity contribution is -0.143. The number of benzene rings is 1. The summed E-state index contributed by atoms with van der Waals surface area (Å²) in [5, 5.41) is 9.58. The zero-order valence-electron chi connectivity index (χ0n) is 17.3. The molecule has 0 bridgehead atoms. The molecule has 1 atom stereocenters. The molecule has 7 nitrogen and oxygen atoms in total. The normalized spacial score (nSPS) is 16.5. The Kier molecular flexibility index (Phi) is 7.26. The first-order valence-electron chi connectivity index (χ1n) is 10.1. The van der Waals surface area contributed by atoms with Crippen molar-refractivity contribution in [1.82, 2.24) is 25.2 Å². The van der Waals surface area contributed by atoms with E-state index < -0.39 is 29.3 Å². The van der Waals surface area contributed by atoms with Crippen molar-refractivity contribution in [3.63, 3.8) is 0 Å². The minimum Gasteiger partial charge on any atom is -0.379 e. The number of hydrogen-bond donors (Lipinski definition) is 1. The third-order valence-electron chi connectivity index (χ3n) is 5.03. The van der Waals surface area contributed by atoms with Crippen molar-refractivity contribution in [2.45, 2.75) is 32.5 Å². The fraction of sp³-hybridized carbons (Fsp3) is 0.550. The highest BCUT2D eigenvalue weighted by atomic mass is 19.4. The summed E-state index contributed by atoms with van der Waals surface area (Å²) in [7, 11) is 0. The highest BCUT2D eigenvalue weighted by molar-refractivity contribution is 5.93. The number of hydrogen-bond acceptors (Lipinski definition) is 5. The molecule has 1 aromatic heterocycles. The number of carbonyl (C=O) groups excluding carboxylic acids is 1. The monoisotopic (exact) mass is 443 g/mol. The molecule has 1 fully saturated rings. The second-order valence-electron chi connectivity index (χ2n) is 7.81. The smallest absolute Gasteiger partial charge is 0.379 e. The van der Waals surface area contributed by atoms with E-state index >= 15 is 0 Å². The second-order valence-corrected chi connectivity index (χ2v) is 7.81. The van der Waals surface area contributed by atoms with Crippen LogP contribution < -0.4 is 5.32 Å². The van der Waals surface area contributed by atoms with Crippen LogP contribution >= 0.6 is 0 Å². The van der Waals surface area contributed by atoms with Gasteiger partial charge in [0, 0.05) is 25.7 Å². The molecular formula is C20H25F4N5O2. The van der Waals surface area contributed by atoms with E-state index in [-0.39, 0.29) is 18.3 Å². The lowest BCUT2D eigenvalue weighted by Crippen LogP contribution is -2.49. The molecule has 1 aromatic carbocycles. The molecule has 0 aliphatic carbocycles. The average molecular weight is 443 g/mol. The van der Waals surface area contributed by atoms with Gasteiger partial charge in [-0.05, 0) is 36.6 Å². The Morgan fingerprint density at radius 1 is 1.19 bits per heavy atom. The Labute approximate surface area is 177 Å². The van der Waals surface area contributed by atoms with Crippen molar-refractivity contribution < 1.29 is 27.1 Å². The minimum absolute atomic E-state index is 0.0330. The van der Waals surface area contributed by atoms with Crippen molar-refractivity contribution in [3.8, 4) is 5.69 Å². The molecule has 11 heteroatoms. The predicted molar refractivity (Wildman–Crippen MR) is 104 cm³/mol. The van der Waals surface area contributed by atoms with Crippen LogP contribution in [0.15, 0.2) is 24.3 Å². The fourth-order valence-electron chi connectivity index (χ4n) is 3.59. The van der Waals surface area contributed by atoms with E-state index in [1.54, 1.807) is 0 Å². The molecule has 1 N–H and O–H groups in total. The summed E-state index contributed by atoms with van der Waals surface area (Å²) >= 11 is 0. The minimum atomic E-state index is -4.88. The van der Waals surface area contributed by atoms with E-state index in [0.29, 0.717) is 36.9 Å². The molecule has 1 aliphatic heterocycles. The Morgan fingerprint density at radius 3 is 2.42 bits per heavy atom. The summed E-state index contributed by atoms with van der Waals surface area (Å²) in [5.41, 5.74) is -2.17. The number of rotatable bonds is 7. The Balaban J connectivity index is 1.81. The van der Waals surface area contributed by atoms with E-state index in [1.165, 1.54) is 0 Å². The first-order valence-corrected chi connectivity index (χ1v) is 10.1. The van der Waals surface area contributed by atoms with Crippen LogP contribution in [0.5, 0.6) is 0 Å². The van der Waals surface area contributed by atoms with Crippen molar-refractivity contribution in [2.75, 3.05) is 32.8 Å². The molecule has 0 radical (unpaired) electrons. The third kappa shape index (κ3) is 5.79. The number of carbonyl (C=O) groups is 1. The average Bonchev–Trinajstić information content (AvgIpc) is 3.18. The maximum atomic E-state index is 13.8. The van der Waals surface area contributed by atoms with Gasteiger partial charge in [-0.1, -0.05) is 19.1 Å². The molecule has 0 saturated carbocycles. The van der Waals surface area contributed by atoms with Crippen LogP contribution in [0.2, 0.25) is 0 Å². The first kappa shape index (κ1) is 23.1. The Bertz CT molecular complexity index is 877. The van der Waals surface area contributed by atoms with Crippen LogP contribution in [-0.2, 0) is 10.9 Å². The highest BCUT2D eigenvalue weighted by Gasteiger charge is 2.42. The summed E-state index contributed by atoms with van der Waals surface area (Å²) in [6.45, 7) is 6.82. The van der Waals surface area contributed by atoms with Gasteiger partial charge in [0.2, 0.25) is 0 Å². The van der Waals surface area contributed by atoms with Crippen LogP contribution in [0.25, 0.3) is 5.69 Å². The molecule has 2 heterocycles. The molecule has 1 unspecified atom stereocenters. The van der Waals surface area contributed by atoms with Crippen molar-refractivity contribution in [1.29, 1.82) is 0 Å². The molecule has 31 heavy (non-hydrogen) atoms. The van der Waals surface area contributed by atoms with Crippen molar-refractivity contribution in [3.05, 3.63) is 41.5 Å². The maximum Gasteiger partial charge on any atom is 0.435 e. The van der Waals surface area contributed by atoms with Gasteiger partial charge in [0.05, 0.1) is 18.9 Å². The SMILES string of the molecule is CC(C)CC(CNC(=O)c1nnn(-c2ccc(F)cc2)c1C(F)(F)F)N1CCOCC1. The number of alkyl halides is 3. The molecular weight excluding hydrogens is 418 g/mol. The van der Waals surface area contributed by atoms with Gasteiger partial charge < -0.3 is 10.1 Å². The molecule has 170 valence electrons. The number of aromatic nitrogens is 3. The van der Waals surface area contributed by atoms with Crippen LogP contribution in [0, 0.1) is 11.7 Å². The topological polar surface area (TPSA) is 72.3 Å². The first-order chi connectivity index (χ1) is 14.7. The van der Waals surface area contributed by atoms with Gasteiger partial charge in [-0.2, -0.15) is 13.2 Å². The van der Waals surface area contributed by atoms with E-state index in [9.17, 15) is 22.4 Å². The number of ether oxygens (including phenoxy) is 1. The lowest BCUT2D eigenvalue weighted by Gasteiger charge is -2.35. The number of nitrogens with one attached hydrogen (secondary N) is 1. The standard InChI is InChI=1S/C20H25F4N5O2/c1-13(2)11-16(28-7-9-31-10-8-28)12-25-19(30)17-18(20(22,23)24)29(27-26-17)15-5-3-14(21)4-6-15/h3-6,13,16H,7-12H2,1-2H3,(H,25,30). The number of halogens is 4. The van der Waals surface area contributed by atoms with Crippen molar-refractivity contribution in [2.24, 2.45) is 5.92 Å². The van der Waals surface area contributed by atoms with Gasteiger partial charge in [-0.25, -0.2) is 9.07 Å². The maximum absolute atomic E-state index is 13.8. The predicted octanol–water partition coefficient (Wildman–Crippen LogP) is 2.90. The van der Waals surface area contributed by atoms with Crippen LogP contribution in [0.4, 0.5) is 17.6 Å². The number of amides is 1. The number of morpholine rings is 1. The second kappa shape index (κ2) is 9.73. The van der Waals surface area contributed by atoms with E-state index in [1.807, 2.05) is 13.8 Å². The highest BCUT2D eigenvalue weighted by Crippen LogP contribution is 2.32. The summed E-state index contributed by atoms with van der Waals surface area (Å²) in [5.74, 6) is -1.22. The van der Waals surface area contributed by atoms with E-state index in [4.69, 9.17) is 4.74 Å². The number of nitrogens with zero attached hydrogens (tertiary/aromatic N) is 4. The largest absolute Gasteiger partial charge is 0.435 e. The van der Waals surface area contributed by atoms with Gasteiger partial charge in [0.15, 0.2) is 11.4 Å². The summed E-state index contributed by atoms with van der Waals surface area (Å²) in [6.07, 6.45) is -4.11. The summed E-state index contributed by atoms with van der Waals surface area (Å²) in [6, 6.07) is 4.26. The van der Waals surface area contributed by atoms with Gasteiger partial charge in [-0.15, -0.1) is 5.10 Å². The van der Waals surface area contributed by atoms with Crippen molar-refractivity contribution >= 4 is 5.91 Å². The van der Waals surface area contributed by atoms with Crippen LogP contribution in [0.1, 0.15) is 36.5 Å². The molecule has 1 amide bonds. The molecule has 0 spiro atoms. The van der Waals surface area contributed by atoms with Gasteiger partial charge in [0.1, 0.15) is 5.82 Å². The quantitative estimate of drug-likeness (QED) is 0.667. The van der Waals surface area contributed by atoms with Gasteiger partial charge >= 0.3 is 6.18 Å². The lowest BCUT2D eigenvalue weighted by atomic mass is 10.0. The third-order valence-corrected chi connectivity index (χ3v) is 5.03. The zero-order valence-corrected chi connectivity index (χ0v) is 17.3. The van der Waals surface area contributed by atoms with Crippen LogP contribution in [0.3, 0.4) is 0 Å². The van der Waals surface area contributed by atoms with E-state index in [0.717, 1.165) is 30.7 Å². The van der Waals surface area contributed by atoms with Gasteiger partial charge in [-0.3, -0.25) is 9.69 Å². The Hall–Kier alpha value is -2.53. The van der Waals surface area contributed by atoms with E-state index in [2.05, 4.69) is 20.5 Å².